The molecule has 142 valence electrons. The first-order valence-corrected chi connectivity index (χ1v) is 8.62. The lowest BCUT2D eigenvalue weighted by Crippen LogP contribution is -2.47. The largest absolute Gasteiger partial charge is 0.393 e. The third-order valence-electron chi connectivity index (χ3n) is 4.61. The highest BCUT2D eigenvalue weighted by atomic mass is 19.4. The molecule has 2 N–H and O–H groups in total. The van der Waals surface area contributed by atoms with E-state index >= 15 is 0 Å². The van der Waals surface area contributed by atoms with Gasteiger partial charge in [0.1, 0.15) is 12.4 Å². The number of hydrazine groups is 1. The number of alkyl halides is 3. The molecular formula is C17H22F3N5O. The summed E-state index contributed by atoms with van der Waals surface area (Å²) in [7, 11) is 0. The van der Waals surface area contributed by atoms with Gasteiger partial charge in [-0.05, 0) is 30.3 Å². The molecule has 2 aliphatic heterocycles. The van der Waals surface area contributed by atoms with Crippen LogP contribution in [-0.2, 0) is 11.2 Å². The fourth-order valence-electron chi connectivity index (χ4n) is 3.23. The highest BCUT2D eigenvalue weighted by molar-refractivity contribution is 6.03. The van der Waals surface area contributed by atoms with Gasteiger partial charge in [0.2, 0.25) is 0 Å². The lowest BCUT2D eigenvalue weighted by Gasteiger charge is -2.36. The number of aliphatic imine (C=N–C) groups is 1. The van der Waals surface area contributed by atoms with Crippen LogP contribution < -0.4 is 15.8 Å². The summed E-state index contributed by atoms with van der Waals surface area (Å²) in [5.74, 6) is 0.0880. The molecule has 0 atom stereocenters. The van der Waals surface area contributed by atoms with Gasteiger partial charge < -0.3 is 9.80 Å². The predicted molar refractivity (Wildman–Crippen MR) is 93.2 cm³/mol. The Kier molecular flexibility index (Phi) is 5.36. The fraction of sp³-hybridized carbons (Fsp3) is 0.529. The molecule has 26 heavy (non-hydrogen) atoms. The first-order valence-electron chi connectivity index (χ1n) is 8.62. The van der Waals surface area contributed by atoms with Crippen LogP contribution in [0.5, 0.6) is 0 Å². The SMILES string of the molecule is CCN1CCN(c2ccc(C3=NCC(=O)NN3)cc2CC(F)(F)F)CC1. The van der Waals surface area contributed by atoms with E-state index in [1.807, 2.05) is 4.90 Å². The van der Waals surface area contributed by atoms with Crippen LogP contribution in [0.15, 0.2) is 23.2 Å². The minimum Gasteiger partial charge on any atom is -0.369 e. The molecule has 0 aliphatic carbocycles. The third-order valence-corrected chi connectivity index (χ3v) is 4.61. The van der Waals surface area contributed by atoms with Crippen molar-refractivity contribution < 1.29 is 18.0 Å². The number of carbonyl (C=O) groups is 1. The molecule has 1 aromatic carbocycles. The van der Waals surface area contributed by atoms with Crippen LogP contribution >= 0.6 is 0 Å². The first kappa shape index (κ1) is 18.5. The number of hydrogen-bond donors (Lipinski definition) is 2. The van der Waals surface area contributed by atoms with Crippen molar-refractivity contribution in [3.05, 3.63) is 29.3 Å². The van der Waals surface area contributed by atoms with Gasteiger partial charge in [-0.1, -0.05) is 6.92 Å². The minimum absolute atomic E-state index is 0.0440. The Labute approximate surface area is 150 Å². The van der Waals surface area contributed by atoms with Crippen LogP contribution in [0, 0.1) is 0 Å². The summed E-state index contributed by atoms with van der Waals surface area (Å²) in [5.41, 5.74) is 6.43. The van der Waals surface area contributed by atoms with E-state index in [0.717, 1.165) is 19.6 Å². The third kappa shape index (κ3) is 4.46. The van der Waals surface area contributed by atoms with E-state index in [-0.39, 0.29) is 18.0 Å². The Morgan fingerprint density at radius 2 is 1.88 bits per heavy atom. The second-order valence-electron chi connectivity index (χ2n) is 6.39. The van der Waals surface area contributed by atoms with E-state index < -0.39 is 12.6 Å². The van der Waals surface area contributed by atoms with Gasteiger partial charge in [0.15, 0.2) is 0 Å². The molecule has 0 saturated carbocycles. The van der Waals surface area contributed by atoms with Gasteiger partial charge in [-0.3, -0.25) is 20.6 Å². The molecule has 0 aromatic heterocycles. The number of likely N-dealkylation sites (N-methyl/N-ethyl adjacent to an activating group) is 1. The summed E-state index contributed by atoms with van der Waals surface area (Å²) in [6.07, 6.45) is -5.29. The minimum atomic E-state index is -4.30. The van der Waals surface area contributed by atoms with Crippen molar-refractivity contribution in [1.29, 1.82) is 0 Å². The summed E-state index contributed by atoms with van der Waals surface area (Å²) >= 11 is 0. The number of carbonyl (C=O) groups excluding carboxylic acids is 1. The van der Waals surface area contributed by atoms with Gasteiger partial charge in [0.05, 0.1) is 6.42 Å². The number of halogens is 3. The molecule has 0 spiro atoms. The number of amidine groups is 1. The predicted octanol–water partition coefficient (Wildman–Crippen LogP) is 1.31. The Morgan fingerprint density at radius 1 is 1.15 bits per heavy atom. The quantitative estimate of drug-likeness (QED) is 0.840. The van der Waals surface area contributed by atoms with Crippen molar-refractivity contribution in [3.8, 4) is 0 Å². The number of benzene rings is 1. The first-order chi connectivity index (χ1) is 12.4. The average molecular weight is 369 g/mol. The molecule has 6 nitrogen and oxygen atoms in total. The molecule has 9 heteroatoms. The van der Waals surface area contributed by atoms with Crippen LogP contribution in [0.1, 0.15) is 18.1 Å². The molecule has 2 heterocycles. The Morgan fingerprint density at radius 3 is 2.46 bits per heavy atom. The zero-order valence-corrected chi connectivity index (χ0v) is 14.6. The van der Waals surface area contributed by atoms with Crippen molar-refractivity contribution in [1.82, 2.24) is 15.8 Å². The molecule has 1 aromatic rings. The molecule has 1 saturated heterocycles. The topological polar surface area (TPSA) is 60.0 Å². The molecule has 1 amide bonds. The van der Waals surface area contributed by atoms with Crippen molar-refractivity contribution in [2.75, 3.05) is 44.2 Å². The zero-order valence-electron chi connectivity index (χ0n) is 14.6. The molecule has 1 fully saturated rings. The van der Waals surface area contributed by atoms with Gasteiger partial charge in [0.25, 0.3) is 5.91 Å². The van der Waals surface area contributed by atoms with E-state index in [0.29, 0.717) is 30.2 Å². The fourth-order valence-corrected chi connectivity index (χ4v) is 3.23. The number of rotatable bonds is 4. The van der Waals surface area contributed by atoms with E-state index in [9.17, 15) is 18.0 Å². The summed E-state index contributed by atoms with van der Waals surface area (Å²) in [6, 6.07) is 4.97. The van der Waals surface area contributed by atoms with Crippen LogP contribution in [0.25, 0.3) is 0 Å². The second-order valence-corrected chi connectivity index (χ2v) is 6.39. The zero-order chi connectivity index (χ0) is 18.7. The van der Waals surface area contributed by atoms with Crippen molar-refractivity contribution in [3.63, 3.8) is 0 Å². The molecule has 0 bridgehead atoms. The average Bonchev–Trinajstić information content (AvgIpc) is 2.61. The number of hydrogen-bond acceptors (Lipinski definition) is 5. The Bertz CT molecular complexity index is 696. The Hall–Kier alpha value is -2.29. The summed E-state index contributed by atoms with van der Waals surface area (Å²) < 4.78 is 39.3. The second kappa shape index (κ2) is 7.53. The maximum absolute atomic E-state index is 13.1. The van der Waals surface area contributed by atoms with Crippen LogP contribution in [-0.4, -0.2) is 62.1 Å². The van der Waals surface area contributed by atoms with Crippen LogP contribution in [0.4, 0.5) is 18.9 Å². The van der Waals surface area contributed by atoms with E-state index in [1.54, 1.807) is 12.1 Å². The normalized spacial score (nSPS) is 19.0. The molecule has 3 rings (SSSR count). The lowest BCUT2D eigenvalue weighted by atomic mass is 10.0. The molecule has 0 radical (unpaired) electrons. The molecule has 0 unspecified atom stereocenters. The lowest BCUT2D eigenvalue weighted by molar-refractivity contribution is -0.127. The number of piperazine rings is 1. The van der Waals surface area contributed by atoms with Crippen molar-refractivity contribution in [2.24, 2.45) is 4.99 Å². The van der Waals surface area contributed by atoms with Gasteiger partial charge in [-0.2, -0.15) is 13.2 Å². The standard InChI is InChI=1S/C17H22F3N5O/c1-2-24-5-7-25(8-6-24)14-4-3-12(9-13(14)10-17(18,19)20)16-21-11-15(26)22-23-16/h3-4,9H,2,5-8,10-11H2,1H3,(H,21,23)(H,22,26). The van der Waals surface area contributed by atoms with Gasteiger partial charge >= 0.3 is 6.18 Å². The number of amides is 1. The smallest absolute Gasteiger partial charge is 0.369 e. The van der Waals surface area contributed by atoms with Crippen molar-refractivity contribution >= 4 is 17.4 Å². The maximum atomic E-state index is 13.1. The van der Waals surface area contributed by atoms with Crippen LogP contribution in [0.2, 0.25) is 0 Å². The van der Waals surface area contributed by atoms with Gasteiger partial charge in [0, 0.05) is 37.4 Å². The van der Waals surface area contributed by atoms with E-state index in [1.165, 1.54) is 6.07 Å². The Balaban J connectivity index is 1.88. The monoisotopic (exact) mass is 369 g/mol. The maximum Gasteiger partial charge on any atom is 0.393 e. The molecule has 2 aliphatic rings. The van der Waals surface area contributed by atoms with Gasteiger partial charge in [-0.25, -0.2) is 0 Å². The number of nitrogens with one attached hydrogen (secondary N) is 2. The summed E-state index contributed by atoms with van der Waals surface area (Å²) in [5, 5.41) is 0. The van der Waals surface area contributed by atoms with Gasteiger partial charge in [-0.15, -0.1) is 0 Å². The summed E-state index contributed by atoms with van der Waals surface area (Å²) in [4.78, 5) is 19.5. The molecular weight excluding hydrogens is 347 g/mol. The highest BCUT2D eigenvalue weighted by Crippen LogP contribution is 2.30. The van der Waals surface area contributed by atoms with E-state index in [4.69, 9.17) is 0 Å². The van der Waals surface area contributed by atoms with Crippen LogP contribution in [0.3, 0.4) is 0 Å². The van der Waals surface area contributed by atoms with Crippen molar-refractivity contribution in [2.45, 2.75) is 19.5 Å². The van der Waals surface area contributed by atoms with E-state index in [2.05, 4.69) is 27.7 Å². The number of nitrogens with zero attached hydrogens (tertiary/aromatic N) is 3. The summed E-state index contributed by atoms with van der Waals surface area (Å²) in [6.45, 7) is 6.06. The number of anilines is 1. The highest BCUT2D eigenvalue weighted by Gasteiger charge is 2.31.